The monoisotopic (exact) mass is 283 g/mol. The first-order valence-electron chi connectivity index (χ1n) is 7.02. The molecule has 21 heavy (non-hydrogen) atoms. The van der Waals surface area contributed by atoms with E-state index in [0.717, 1.165) is 22.3 Å². The molecule has 0 aliphatic heterocycles. The minimum atomic E-state index is -0.293. The van der Waals surface area contributed by atoms with Crippen molar-refractivity contribution < 1.29 is 8.81 Å². The van der Waals surface area contributed by atoms with Gasteiger partial charge in [-0.05, 0) is 50.7 Å². The van der Waals surface area contributed by atoms with Gasteiger partial charge in [-0.25, -0.2) is 4.39 Å². The molecule has 0 spiro atoms. The van der Waals surface area contributed by atoms with Crippen molar-refractivity contribution in [2.75, 3.05) is 7.05 Å². The van der Waals surface area contributed by atoms with Crippen molar-refractivity contribution in [3.63, 3.8) is 0 Å². The summed E-state index contributed by atoms with van der Waals surface area (Å²) in [6.07, 6.45) is 0. The van der Waals surface area contributed by atoms with Gasteiger partial charge in [-0.3, -0.25) is 0 Å². The van der Waals surface area contributed by atoms with E-state index in [1.165, 1.54) is 5.56 Å². The fraction of sp³-hybridized carbons (Fsp3) is 0.222. The number of nitrogens with one attached hydrogen (secondary N) is 1. The second-order valence-corrected chi connectivity index (χ2v) is 5.44. The van der Waals surface area contributed by atoms with E-state index in [-0.39, 0.29) is 11.9 Å². The molecule has 0 amide bonds. The number of aryl methyl sites for hydroxylation is 2. The highest BCUT2D eigenvalue weighted by molar-refractivity contribution is 5.79. The maximum atomic E-state index is 14.2. The molecule has 0 saturated heterocycles. The average molecular weight is 283 g/mol. The van der Waals surface area contributed by atoms with Gasteiger partial charge in [-0.2, -0.15) is 0 Å². The minimum absolute atomic E-state index is 0.217. The van der Waals surface area contributed by atoms with Gasteiger partial charge in [0.2, 0.25) is 0 Å². The summed E-state index contributed by atoms with van der Waals surface area (Å²) < 4.78 is 20.1. The van der Waals surface area contributed by atoms with Crippen molar-refractivity contribution in [1.29, 1.82) is 0 Å². The summed E-state index contributed by atoms with van der Waals surface area (Å²) in [6.45, 7) is 3.92. The van der Waals surface area contributed by atoms with Crippen LogP contribution in [0.4, 0.5) is 4.39 Å². The quantitative estimate of drug-likeness (QED) is 0.765. The molecule has 2 nitrogen and oxygen atoms in total. The summed E-state index contributed by atoms with van der Waals surface area (Å²) in [7, 11) is 1.81. The molecule has 108 valence electrons. The van der Waals surface area contributed by atoms with E-state index in [1.54, 1.807) is 6.07 Å². The van der Waals surface area contributed by atoms with Gasteiger partial charge >= 0.3 is 0 Å². The van der Waals surface area contributed by atoms with Crippen molar-refractivity contribution >= 4 is 11.0 Å². The second-order valence-electron chi connectivity index (χ2n) is 5.44. The van der Waals surface area contributed by atoms with Gasteiger partial charge in [0.15, 0.2) is 0 Å². The van der Waals surface area contributed by atoms with Crippen molar-refractivity contribution in [1.82, 2.24) is 5.32 Å². The predicted octanol–water partition coefficient (Wildman–Crippen LogP) is 4.50. The maximum absolute atomic E-state index is 14.2. The molecule has 0 aliphatic rings. The van der Waals surface area contributed by atoms with Crippen LogP contribution in [-0.2, 0) is 0 Å². The van der Waals surface area contributed by atoms with E-state index >= 15 is 0 Å². The smallest absolute Gasteiger partial charge is 0.134 e. The van der Waals surface area contributed by atoms with Crippen LogP contribution in [0.1, 0.15) is 28.5 Å². The molecule has 0 saturated carbocycles. The van der Waals surface area contributed by atoms with E-state index in [2.05, 4.69) is 11.4 Å². The third kappa shape index (κ3) is 2.57. The Balaban J connectivity index is 2.09. The van der Waals surface area contributed by atoms with Crippen LogP contribution in [0, 0.1) is 19.7 Å². The third-order valence-electron chi connectivity index (χ3n) is 3.73. The Morgan fingerprint density at radius 1 is 1.00 bits per heavy atom. The standard InChI is InChI=1S/C18H18FNO/c1-11-5-7-16-13(8-11)10-17(21-16)18(20-3)14-6-4-12(2)9-15(14)19/h4-10,18,20H,1-3H3. The Morgan fingerprint density at radius 3 is 2.43 bits per heavy atom. The van der Waals surface area contributed by atoms with Crippen LogP contribution in [0.3, 0.4) is 0 Å². The van der Waals surface area contributed by atoms with Crippen molar-refractivity contribution in [2.24, 2.45) is 0 Å². The molecular weight excluding hydrogens is 265 g/mol. The lowest BCUT2D eigenvalue weighted by Crippen LogP contribution is -2.18. The second kappa shape index (κ2) is 5.34. The van der Waals surface area contributed by atoms with Gasteiger partial charge in [0.25, 0.3) is 0 Å². The summed E-state index contributed by atoms with van der Waals surface area (Å²) in [5, 5.41) is 4.18. The van der Waals surface area contributed by atoms with Crippen LogP contribution >= 0.6 is 0 Å². The van der Waals surface area contributed by atoms with Crippen molar-refractivity contribution in [3.05, 3.63) is 70.7 Å². The zero-order chi connectivity index (χ0) is 15.0. The number of fused-ring (bicyclic) bond motifs is 1. The van der Waals surface area contributed by atoms with Gasteiger partial charge < -0.3 is 9.73 Å². The molecule has 1 atom stereocenters. The van der Waals surface area contributed by atoms with E-state index in [9.17, 15) is 4.39 Å². The molecule has 1 N–H and O–H groups in total. The van der Waals surface area contributed by atoms with E-state index in [0.29, 0.717) is 5.56 Å². The van der Waals surface area contributed by atoms with Crippen LogP contribution < -0.4 is 5.32 Å². The number of halogens is 1. The van der Waals surface area contributed by atoms with Crippen molar-refractivity contribution in [2.45, 2.75) is 19.9 Å². The topological polar surface area (TPSA) is 25.2 Å². The Hall–Kier alpha value is -2.13. The Labute approximate surface area is 123 Å². The number of hydrogen-bond acceptors (Lipinski definition) is 2. The summed E-state index contributed by atoms with van der Waals surface area (Å²) in [6, 6.07) is 13.0. The SMILES string of the molecule is CNC(c1cc2cc(C)ccc2o1)c1ccc(C)cc1F. The zero-order valence-corrected chi connectivity index (χ0v) is 12.4. The number of hydrogen-bond donors (Lipinski definition) is 1. The van der Waals surface area contributed by atoms with E-state index in [4.69, 9.17) is 4.42 Å². The third-order valence-corrected chi connectivity index (χ3v) is 3.73. The average Bonchev–Trinajstić information content (AvgIpc) is 2.84. The maximum Gasteiger partial charge on any atom is 0.134 e. The first-order chi connectivity index (χ1) is 10.1. The molecule has 2 aromatic carbocycles. The molecule has 0 bridgehead atoms. The largest absolute Gasteiger partial charge is 0.459 e. The lowest BCUT2D eigenvalue weighted by molar-refractivity contribution is 0.476. The molecule has 1 aromatic heterocycles. The van der Waals surface area contributed by atoms with E-state index in [1.807, 2.05) is 51.2 Å². The molecule has 1 heterocycles. The summed E-state index contributed by atoms with van der Waals surface area (Å²) in [4.78, 5) is 0. The molecule has 0 fully saturated rings. The molecule has 3 heteroatoms. The van der Waals surface area contributed by atoms with Gasteiger partial charge in [-0.1, -0.05) is 23.8 Å². The normalized spacial score (nSPS) is 12.8. The minimum Gasteiger partial charge on any atom is -0.459 e. The molecule has 3 rings (SSSR count). The van der Waals surface area contributed by atoms with Crippen molar-refractivity contribution in [3.8, 4) is 0 Å². The zero-order valence-electron chi connectivity index (χ0n) is 12.4. The summed E-state index contributed by atoms with van der Waals surface area (Å²) >= 11 is 0. The highest BCUT2D eigenvalue weighted by Crippen LogP contribution is 2.30. The van der Waals surface area contributed by atoms with Crippen LogP contribution in [-0.4, -0.2) is 7.05 Å². The van der Waals surface area contributed by atoms with Gasteiger partial charge in [0.05, 0.1) is 6.04 Å². The predicted molar refractivity (Wildman–Crippen MR) is 83.0 cm³/mol. The highest BCUT2D eigenvalue weighted by Gasteiger charge is 2.20. The fourth-order valence-electron chi connectivity index (χ4n) is 2.64. The lowest BCUT2D eigenvalue weighted by atomic mass is 10.0. The van der Waals surface area contributed by atoms with Gasteiger partial charge in [0, 0.05) is 10.9 Å². The van der Waals surface area contributed by atoms with Gasteiger partial charge in [0.1, 0.15) is 17.2 Å². The van der Waals surface area contributed by atoms with Crippen LogP contribution in [0.5, 0.6) is 0 Å². The Bertz CT molecular complexity index is 791. The first-order valence-corrected chi connectivity index (χ1v) is 7.02. The fourth-order valence-corrected chi connectivity index (χ4v) is 2.64. The van der Waals surface area contributed by atoms with Gasteiger partial charge in [-0.15, -0.1) is 0 Å². The number of furan rings is 1. The molecule has 1 unspecified atom stereocenters. The molecular formula is C18H18FNO. The Kier molecular flexibility index (Phi) is 3.52. The van der Waals surface area contributed by atoms with Crippen LogP contribution in [0.25, 0.3) is 11.0 Å². The number of rotatable bonds is 3. The first kappa shape index (κ1) is 13.8. The van der Waals surface area contributed by atoms with Crippen LogP contribution in [0.15, 0.2) is 46.9 Å². The molecule has 0 aliphatic carbocycles. The molecule has 0 radical (unpaired) electrons. The Morgan fingerprint density at radius 2 is 1.71 bits per heavy atom. The molecule has 3 aromatic rings. The number of benzene rings is 2. The highest BCUT2D eigenvalue weighted by atomic mass is 19.1. The van der Waals surface area contributed by atoms with Crippen LogP contribution in [0.2, 0.25) is 0 Å². The van der Waals surface area contributed by atoms with E-state index < -0.39 is 0 Å². The summed E-state index contributed by atoms with van der Waals surface area (Å²) in [5.74, 6) is 0.506. The lowest BCUT2D eigenvalue weighted by Gasteiger charge is -2.15. The summed E-state index contributed by atoms with van der Waals surface area (Å²) in [5.41, 5.74) is 3.51.